The number of carbonyl (C=O) groups excluding carboxylic acids is 3. The molecule has 2 aromatic heterocycles. The smallest absolute Gasteiger partial charge is 0.338 e. The fourth-order valence-electron chi connectivity index (χ4n) is 3.01. The minimum absolute atomic E-state index is 0.231. The van der Waals surface area contributed by atoms with Crippen LogP contribution in [0.3, 0.4) is 0 Å². The zero-order valence-corrected chi connectivity index (χ0v) is 16.5. The number of hydrogen-bond donors (Lipinski definition) is 0. The first-order chi connectivity index (χ1) is 13.8. The Bertz CT molecular complexity index is 1080. The van der Waals surface area contributed by atoms with Crippen molar-refractivity contribution in [3.63, 3.8) is 0 Å². The van der Waals surface area contributed by atoms with Gasteiger partial charge in [-0.3, -0.25) is 9.36 Å². The van der Waals surface area contributed by atoms with E-state index in [1.54, 1.807) is 30.5 Å². The van der Waals surface area contributed by atoms with Crippen LogP contribution in [0.2, 0.25) is 0 Å². The summed E-state index contributed by atoms with van der Waals surface area (Å²) in [5.41, 5.74) is 2.48. The van der Waals surface area contributed by atoms with E-state index in [9.17, 15) is 14.4 Å². The fourth-order valence-corrected chi connectivity index (χ4v) is 3.01. The van der Waals surface area contributed by atoms with E-state index in [1.165, 1.54) is 31.4 Å². The monoisotopic (exact) mass is 396 g/mol. The molecule has 3 rings (SSSR count). The molecular weight excluding hydrogens is 376 g/mol. The van der Waals surface area contributed by atoms with Gasteiger partial charge in [-0.25, -0.2) is 9.59 Å². The number of aryl methyl sites for hydroxylation is 2. The zero-order valence-electron chi connectivity index (χ0n) is 16.5. The van der Waals surface area contributed by atoms with Gasteiger partial charge in [0.05, 0.1) is 18.2 Å². The molecule has 0 aliphatic heterocycles. The van der Waals surface area contributed by atoms with Crippen LogP contribution in [0.5, 0.6) is 0 Å². The Morgan fingerprint density at radius 2 is 1.62 bits per heavy atom. The Labute approximate surface area is 167 Å². The lowest BCUT2D eigenvalue weighted by molar-refractivity contribution is 0.0474. The normalized spacial score (nSPS) is 10.6. The molecule has 0 saturated carbocycles. The van der Waals surface area contributed by atoms with Crippen molar-refractivity contribution in [2.24, 2.45) is 0 Å². The number of methoxy groups -OCH3 is 1. The van der Waals surface area contributed by atoms with Gasteiger partial charge in [-0.05, 0) is 51.1 Å². The quantitative estimate of drug-likeness (QED) is 0.466. The molecule has 150 valence electrons. The van der Waals surface area contributed by atoms with E-state index in [0.717, 1.165) is 5.69 Å². The van der Waals surface area contributed by atoms with E-state index >= 15 is 0 Å². The van der Waals surface area contributed by atoms with Crippen LogP contribution in [0.1, 0.15) is 48.2 Å². The maximum absolute atomic E-state index is 12.6. The van der Waals surface area contributed by atoms with Crippen molar-refractivity contribution in [2.45, 2.75) is 20.8 Å². The van der Waals surface area contributed by atoms with Crippen LogP contribution in [0.4, 0.5) is 0 Å². The number of ketones is 1. The van der Waals surface area contributed by atoms with Crippen molar-refractivity contribution in [1.82, 2.24) is 9.72 Å². The number of ether oxygens (including phenoxy) is 2. The first-order valence-corrected chi connectivity index (χ1v) is 8.83. The highest BCUT2D eigenvalue weighted by molar-refractivity contribution is 6.00. The summed E-state index contributed by atoms with van der Waals surface area (Å²) in [6.45, 7) is 5.02. The fraction of sp³-hybridized carbons (Fsp3) is 0.238. The molecule has 0 unspecified atom stereocenters. The Balaban J connectivity index is 1.69. The highest BCUT2D eigenvalue weighted by atomic mass is 16.5. The summed E-state index contributed by atoms with van der Waals surface area (Å²) in [6, 6.07) is 9.29. The summed E-state index contributed by atoms with van der Waals surface area (Å²) in [4.78, 5) is 36.2. The average molecular weight is 396 g/mol. The van der Waals surface area contributed by atoms with Gasteiger partial charge in [0.25, 0.3) is 0 Å². The predicted molar refractivity (Wildman–Crippen MR) is 102 cm³/mol. The topological polar surface area (TPSA) is 101 Å². The van der Waals surface area contributed by atoms with Crippen LogP contribution >= 0.6 is 0 Å². The van der Waals surface area contributed by atoms with Crippen LogP contribution in [0.15, 0.2) is 40.9 Å². The van der Waals surface area contributed by atoms with Gasteiger partial charge in [0.1, 0.15) is 5.76 Å². The third-order valence-corrected chi connectivity index (χ3v) is 4.45. The van der Waals surface area contributed by atoms with E-state index in [1.807, 2.05) is 6.92 Å². The SMILES string of the molecule is COC(=O)c1ccc(C(=O)OCC(=O)c2cc(C)n(-c3cc(C)on3)c2C)cc1. The Morgan fingerprint density at radius 1 is 1.00 bits per heavy atom. The molecule has 0 spiro atoms. The number of aromatic nitrogens is 2. The molecule has 29 heavy (non-hydrogen) atoms. The molecule has 8 heteroatoms. The van der Waals surface area contributed by atoms with Crippen LogP contribution in [0.25, 0.3) is 5.82 Å². The van der Waals surface area contributed by atoms with Gasteiger partial charge in [-0.1, -0.05) is 5.16 Å². The lowest BCUT2D eigenvalue weighted by Gasteiger charge is -2.06. The van der Waals surface area contributed by atoms with Crippen LogP contribution in [-0.2, 0) is 9.47 Å². The molecule has 0 aliphatic carbocycles. The van der Waals surface area contributed by atoms with Crippen LogP contribution in [-0.4, -0.2) is 41.2 Å². The van der Waals surface area contributed by atoms with Gasteiger partial charge < -0.3 is 14.0 Å². The molecule has 0 radical (unpaired) electrons. The minimum atomic E-state index is -0.657. The summed E-state index contributed by atoms with van der Waals surface area (Å²) < 4.78 is 16.7. The van der Waals surface area contributed by atoms with Crippen molar-refractivity contribution in [2.75, 3.05) is 13.7 Å². The van der Waals surface area contributed by atoms with E-state index in [2.05, 4.69) is 9.89 Å². The highest BCUT2D eigenvalue weighted by Crippen LogP contribution is 2.21. The summed E-state index contributed by atoms with van der Waals surface area (Å²) in [5, 5.41) is 3.98. The van der Waals surface area contributed by atoms with Crippen molar-refractivity contribution in [1.29, 1.82) is 0 Å². The second-order valence-electron chi connectivity index (χ2n) is 6.48. The largest absolute Gasteiger partial charge is 0.465 e. The molecule has 2 heterocycles. The number of Topliss-reactive ketones (excluding diaryl/α,β-unsaturated/α-hetero) is 1. The average Bonchev–Trinajstić information content (AvgIpc) is 3.27. The van der Waals surface area contributed by atoms with Crippen molar-refractivity contribution < 1.29 is 28.4 Å². The molecule has 0 bridgehead atoms. The standard InChI is InChI=1S/C21H20N2O6/c1-12-9-17(14(3)23(12)19-10-13(2)29-22-19)18(24)11-28-21(26)16-7-5-15(6-8-16)20(25)27-4/h5-10H,11H2,1-4H3. The maximum atomic E-state index is 12.6. The van der Waals surface area contributed by atoms with Crippen molar-refractivity contribution in [3.05, 3.63) is 70.2 Å². The number of benzene rings is 1. The molecule has 8 nitrogen and oxygen atoms in total. The first kappa shape index (κ1) is 20.1. The first-order valence-electron chi connectivity index (χ1n) is 8.83. The molecular formula is C21H20N2O6. The van der Waals surface area contributed by atoms with Gasteiger partial charge >= 0.3 is 11.9 Å². The maximum Gasteiger partial charge on any atom is 0.338 e. The number of nitrogens with zero attached hydrogens (tertiary/aromatic N) is 2. The van der Waals surface area contributed by atoms with Gasteiger partial charge in [-0.15, -0.1) is 0 Å². The van der Waals surface area contributed by atoms with Crippen molar-refractivity contribution >= 4 is 17.7 Å². The number of esters is 2. The lowest BCUT2D eigenvalue weighted by atomic mass is 10.1. The summed E-state index contributed by atoms with van der Waals surface area (Å²) in [5.74, 6) is -0.246. The van der Waals surface area contributed by atoms with E-state index in [0.29, 0.717) is 28.4 Å². The second kappa shape index (κ2) is 8.14. The molecule has 1 aromatic carbocycles. The van der Waals surface area contributed by atoms with Gasteiger partial charge in [0, 0.05) is 23.0 Å². The Hall–Kier alpha value is -3.68. The van der Waals surface area contributed by atoms with Crippen LogP contribution < -0.4 is 0 Å². The lowest BCUT2D eigenvalue weighted by Crippen LogP contribution is -2.15. The number of hydrogen-bond acceptors (Lipinski definition) is 7. The van der Waals surface area contributed by atoms with Gasteiger partial charge in [-0.2, -0.15) is 0 Å². The van der Waals surface area contributed by atoms with E-state index in [4.69, 9.17) is 9.26 Å². The van der Waals surface area contributed by atoms with Gasteiger partial charge in [0.15, 0.2) is 12.4 Å². The summed E-state index contributed by atoms with van der Waals surface area (Å²) in [6.07, 6.45) is 0. The Morgan fingerprint density at radius 3 is 2.17 bits per heavy atom. The third-order valence-electron chi connectivity index (χ3n) is 4.45. The van der Waals surface area contributed by atoms with Crippen LogP contribution in [0, 0.1) is 20.8 Å². The highest BCUT2D eigenvalue weighted by Gasteiger charge is 2.20. The second-order valence-corrected chi connectivity index (χ2v) is 6.48. The molecule has 0 N–H and O–H groups in total. The predicted octanol–water partition coefficient (Wildman–Crippen LogP) is 3.22. The minimum Gasteiger partial charge on any atom is -0.465 e. The van der Waals surface area contributed by atoms with Gasteiger partial charge in [0.2, 0.25) is 5.78 Å². The molecule has 3 aromatic rings. The Kier molecular flexibility index (Phi) is 5.63. The summed E-state index contributed by atoms with van der Waals surface area (Å²) >= 11 is 0. The van der Waals surface area contributed by atoms with Crippen molar-refractivity contribution in [3.8, 4) is 5.82 Å². The zero-order chi connectivity index (χ0) is 21.1. The molecule has 0 saturated heterocycles. The molecule has 0 atom stereocenters. The third kappa shape index (κ3) is 4.11. The van der Waals surface area contributed by atoms with E-state index < -0.39 is 18.5 Å². The molecule has 0 fully saturated rings. The molecule has 0 aliphatic rings. The molecule has 0 amide bonds. The number of rotatable bonds is 6. The number of carbonyl (C=O) groups is 3. The summed E-state index contributed by atoms with van der Waals surface area (Å²) in [7, 11) is 1.27. The van der Waals surface area contributed by atoms with E-state index in [-0.39, 0.29) is 11.3 Å².